The fourth-order valence-corrected chi connectivity index (χ4v) is 4.58. The second kappa shape index (κ2) is 10.0. The first kappa shape index (κ1) is 23.5. The van der Waals surface area contributed by atoms with Crippen molar-refractivity contribution in [3.05, 3.63) is 101 Å². The Morgan fingerprint density at radius 1 is 0.969 bits per heavy atom. The van der Waals surface area contributed by atoms with Gasteiger partial charge in [0.2, 0.25) is 10.0 Å². The Balaban J connectivity index is 1.78. The van der Waals surface area contributed by atoms with Crippen LogP contribution in [0.15, 0.2) is 72.8 Å². The van der Waals surface area contributed by atoms with Gasteiger partial charge in [0.25, 0.3) is 5.91 Å². The maximum absolute atomic E-state index is 12.8. The molecule has 3 aromatic carbocycles. The Bertz CT molecular complexity index is 1170. The Hall–Kier alpha value is -3.12. The number of carbonyl (C=O) groups is 1. The molecule has 0 aliphatic rings. The predicted octanol–water partition coefficient (Wildman–Crippen LogP) is 5.15. The number of nitrogens with zero attached hydrogens (tertiary/aromatic N) is 1. The van der Waals surface area contributed by atoms with E-state index in [1.807, 2.05) is 81.4 Å². The van der Waals surface area contributed by atoms with Gasteiger partial charge in [-0.3, -0.25) is 9.10 Å². The number of amides is 1. The van der Waals surface area contributed by atoms with Crippen LogP contribution in [-0.2, 0) is 16.6 Å². The Morgan fingerprint density at radius 2 is 1.62 bits per heavy atom. The van der Waals surface area contributed by atoms with Gasteiger partial charge in [0, 0.05) is 5.56 Å². The lowest BCUT2D eigenvalue weighted by Gasteiger charge is -2.25. The van der Waals surface area contributed by atoms with Crippen molar-refractivity contribution in [1.29, 1.82) is 0 Å². The van der Waals surface area contributed by atoms with E-state index in [1.165, 1.54) is 10.6 Å². The van der Waals surface area contributed by atoms with Gasteiger partial charge in [-0.25, -0.2) is 8.42 Å². The zero-order chi connectivity index (χ0) is 23.3. The molecular formula is C26H30N2O3S. The van der Waals surface area contributed by atoms with Gasteiger partial charge in [-0.1, -0.05) is 61.5 Å². The van der Waals surface area contributed by atoms with E-state index in [2.05, 4.69) is 5.32 Å². The lowest BCUT2D eigenvalue weighted by Crippen LogP contribution is -2.30. The third-order valence-corrected chi connectivity index (χ3v) is 6.62. The Kier molecular flexibility index (Phi) is 7.36. The number of aryl methyl sites for hydroxylation is 2. The summed E-state index contributed by atoms with van der Waals surface area (Å²) in [6.45, 7) is 6.08. The normalized spacial score (nSPS) is 12.2. The van der Waals surface area contributed by atoms with Crippen molar-refractivity contribution in [2.45, 2.75) is 39.8 Å². The van der Waals surface area contributed by atoms with Crippen molar-refractivity contribution in [1.82, 2.24) is 5.32 Å². The number of hydrogen-bond acceptors (Lipinski definition) is 3. The first-order valence-electron chi connectivity index (χ1n) is 10.7. The summed E-state index contributed by atoms with van der Waals surface area (Å²) >= 11 is 0. The summed E-state index contributed by atoms with van der Waals surface area (Å²) in [5, 5.41) is 3.08. The molecule has 32 heavy (non-hydrogen) atoms. The van der Waals surface area contributed by atoms with Crippen LogP contribution in [0.1, 0.15) is 52.0 Å². The molecule has 1 N–H and O–H groups in total. The molecule has 0 aliphatic heterocycles. The third kappa shape index (κ3) is 5.77. The average molecular weight is 451 g/mol. The van der Waals surface area contributed by atoms with E-state index in [0.717, 1.165) is 28.7 Å². The molecule has 0 saturated heterocycles. The van der Waals surface area contributed by atoms with Crippen molar-refractivity contribution in [3.8, 4) is 0 Å². The number of rotatable bonds is 8. The number of benzene rings is 3. The maximum atomic E-state index is 12.8. The molecule has 0 saturated carbocycles. The van der Waals surface area contributed by atoms with Crippen LogP contribution in [0, 0.1) is 13.8 Å². The molecule has 0 spiro atoms. The highest BCUT2D eigenvalue weighted by Crippen LogP contribution is 2.26. The van der Waals surface area contributed by atoms with Crippen LogP contribution in [0.25, 0.3) is 0 Å². The van der Waals surface area contributed by atoms with Gasteiger partial charge < -0.3 is 5.32 Å². The lowest BCUT2D eigenvalue weighted by molar-refractivity contribution is 0.0935. The molecule has 0 radical (unpaired) electrons. The summed E-state index contributed by atoms with van der Waals surface area (Å²) < 4.78 is 26.5. The topological polar surface area (TPSA) is 66.5 Å². The molecule has 1 unspecified atom stereocenters. The van der Waals surface area contributed by atoms with Crippen molar-refractivity contribution in [3.63, 3.8) is 0 Å². The Morgan fingerprint density at radius 3 is 2.22 bits per heavy atom. The first-order chi connectivity index (χ1) is 15.2. The molecule has 0 aliphatic carbocycles. The smallest absolute Gasteiger partial charge is 0.251 e. The predicted molar refractivity (Wildman–Crippen MR) is 130 cm³/mol. The van der Waals surface area contributed by atoms with Gasteiger partial charge in [-0.15, -0.1) is 0 Å². The number of carbonyl (C=O) groups excluding carboxylic acids is 1. The molecule has 5 nitrogen and oxygen atoms in total. The van der Waals surface area contributed by atoms with E-state index in [-0.39, 0.29) is 18.5 Å². The highest BCUT2D eigenvalue weighted by Gasteiger charge is 2.20. The van der Waals surface area contributed by atoms with E-state index in [1.54, 1.807) is 12.1 Å². The Labute approximate surface area is 191 Å². The minimum atomic E-state index is -3.48. The zero-order valence-corrected chi connectivity index (χ0v) is 19.8. The van der Waals surface area contributed by atoms with Crippen LogP contribution < -0.4 is 9.62 Å². The standard InChI is InChI=1S/C26H30N2O3S/c1-5-24(22-9-7-6-8-10-22)27-26(29)23-15-13-21(14-16-23)18-28(32(4,30)31)25-17-19(2)11-12-20(25)3/h6-17,24H,5,18H2,1-4H3,(H,27,29). The SMILES string of the molecule is CCC(NC(=O)c1ccc(CN(c2cc(C)ccc2C)S(C)(=O)=O)cc1)c1ccccc1. The fourth-order valence-electron chi connectivity index (χ4n) is 3.64. The van der Waals surface area contributed by atoms with Crippen LogP contribution in [0.4, 0.5) is 5.69 Å². The molecule has 0 bridgehead atoms. The van der Waals surface area contributed by atoms with Crippen molar-refractivity contribution < 1.29 is 13.2 Å². The summed E-state index contributed by atoms with van der Waals surface area (Å²) in [5.41, 5.74) is 4.97. The van der Waals surface area contributed by atoms with Crippen molar-refractivity contribution in [2.75, 3.05) is 10.6 Å². The monoisotopic (exact) mass is 450 g/mol. The third-order valence-electron chi connectivity index (χ3n) is 5.49. The molecule has 0 aromatic heterocycles. The van der Waals surface area contributed by atoms with Crippen LogP contribution in [0.5, 0.6) is 0 Å². The summed E-state index contributed by atoms with van der Waals surface area (Å²) in [4.78, 5) is 12.8. The second-order valence-electron chi connectivity index (χ2n) is 8.10. The van der Waals surface area contributed by atoms with Crippen LogP contribution in [-0.4, -0.2) is 20.6 Å². The van der Waals surface area contributed by atoms with Gasteiger partial charge in [0.05, 0.1) is 24.5 Å². The molecule has 3 aromatic rings. The average Bonchev–Trinajstić information content (AvgIpc) is 2.77. The van der Waals surface area contributed by atoms with E-state index in [0.29, 0.717) is 11.3 Å². The molecule has 3 rings (SSSR count). The number of hydrogen-bond donors (Lipinski definition) is 1. The van der Waals surface area contributed by atoms with Crippen LogP contribution in [0.2, 0.25) is 0 Å². The van der Waals surface area contributed by atoms with Gasteiger partial charge >= 0.3 is 0 Å². The summed E-state index contributed by atoms with van der Waals surface area (Å²) in [6.07, 6.45) is 2.00. The van der Waals surface area contributed by atoms with Gasteiger partial charge in [0.1, 0.15) is 0 Å². The van der Waals surface area contributed by atoms with Crippen molar-refractivity contribution >= 4 is 21.6 Å². The molecule has 0 fully saturated rings. The zero-order valence-electron chi connectivity index (χ0n) is 19.0. The molecule has 168 valence electrons. The molecule has 6 heteroatoms. The minimum Gasteiger partial charge on any atom is -0.345 e. The fraction of sp³-hybridized carbons (Fsp3) is 0.269. The molecule has 1 atom stereocenters. The number of anilines is 1. The number of nitrogens with one attached hydrogen (secondary N) is 1. The van der Waals surface area contributed by atoms with E-state index < -0.39 is 10.0 Å². The molecular weight excluding hydrogens is 420 g/mol. The van der Waals surface area contributed by atoms with Gasteiger partial charge in [0.15, 0.2) is 0 Å². The van der Waals surface area contributed by atoms with Crippen molar-refractivity contribution in [2.24, 2.45) is 0 Å². The summed E-state index contributed by atoms with van der Waals surface area (Å²) in [6, 6.07) is 22.7. The highest BCUT2D eigenvalue weighted by molar-refractivity contribution is 7.92. The maximum Gasteiger partial charge on any atom is 0.251 e. The molecule has 0 heterocycles. The summed E-state index contributed by atoms with van der Waals surface area (Å²) in [5.74, 6) is -0.151. The van der Waals surface area contributed by atoms with Crippen LogP contribution >= 0.6 is 0 Å². The van der Waals surface area contributed by atoms with Gasteiger partial charge in [-0.05, 0) is 60.7 Å². The van der Waals surface area contributed by atoms with Gasteiger partial charge in [-0.2, -0.15) is 0 Å². The van der Waals surface area contributed by atoms with E-state index in [4.69, 9.17) is 0 Å². The van der Waals surface area contributed by atoms with E-state index >= 15 is 0 Å². The summed E-state index contributed by atoms with van der Waals surface area (Å²) in [7, 11) is -3.48. The quantitative estimate of drug-likeness (QED) is 0.516. The largest absolute Gasteiger partial charge is 0.345 e. The first-order valence-corrected chi connectivity index (χ1v) is 12.5. The second-order valence-corrected chi connectivity index (χ2v) is 10.0. The highest BCUT2D eigenvalue weighted by atomic mass is 32.2. The lowest BCUT2D eigenvalue weighted by atomic mass is 10.0. The van der Waals surface area contributed by atoms with Crippen LogP contribution in [0.3, 0.4) is 0 Å². The van der Waals surface area contributed by atoms with E-state index in [9.17, 15) is 13.2 Å². The minimum absolute atomic E-state index is 0.0617. The molecule has 1 amide bonds. The number of sulfonamides is 1.